The van der Waals surface area contributed by atoms with E-state index in [0.717, 1.165) is 6.42 Å². The first kappa shape index (κ1) is 13.2. The third kappa shape index (κ3) is 4.65. The van der Waals surface area contributed by atoms with Gasteiger partial charge in [0.25, 0.3) is 5.91 Å². The fourth-order valence-electron chi connectivity index (χ4n) is 1.27. The molecule has 3 N–H and O–H groups in total. The number of hydrogen-bond acceptors (Lipinski definition) is 4. The molecule has 5 heteroatoms. The summed E-state index contributed by atoms with van der Waals surface area (Å²) < 4.78 is 4.94. The molecule has 1 heterocycles. The van der Waals surface area contributed by atoms with Crippen molar-refractivity contribution in [2.45, 2.75) is 13.0 Å². The maximum absolute atomic E-state index is 11.7. The van der Waals surface area contributed by atoms with Crippen molar-refractivity contribution < 1.29 is 9.53 Å². The Morgan fingerprint density at radius 3 is 3.18 bits per heavy atom. The summed E-state index contributed by atoms with van der Waals surface area (Å²) in [7, 11) is 0. The third-order valence-electron chi connectivity index (χ3n) is 2.13. The van der Waals surface area contributed by atoms with Crippen LogP contribution in [0.5, 0.6) is 0 Å². The molecule has 0 fully saturated rings. The van der Waals surface area contributed by atoms with Crippen LogP contribution >= 0.6 is 0 Å². The highest BCUT2D eigenvalue weighted by Gasteiger charge is 2.05. The van der Waals surface area contributed by atoms with Gasteiger partial charge in [-0.15, -0.1) is 0 Å². The van der Waals surface area contributed by atoms with Gasteiger partial charge < -0.3 is 15.8 Å². The topological polar surface area (TPSA) is 77.2 Å². The third-order valence-corrected chi connectivity index (χ3v) is 2.13. The predicted molar refractivity (Wildman–Crippen MR) is 65.2 cm³/mol. The highest BCUT2D eigenvalue weighted by Crippen LogP contribution is 2.01. The van der Waals surface area contributed by atoms with Crippen molar-refractivity contribution in [3.63, 3.8) is 0 Å². The summed E-state index contributed by atoms with van der Waals surface area (Å²) in [4.78, 5) is 15.7. The Bertz CT molecular complexity index is 380. The molecule has 1 rings (SSSR count). The highest BCUT2D eigenvalue weighted by molar-refractivity contribution is 5.94. The first-order chi connectivity index (χ1) is 8.27. The SMILES string of the molecule is C=COCCCNC(=O)c1ccnc(CN)c1. The number of nitrogens with one attached hydrogen (secondary N) is 1. The fraction of sp³-hybridized carbons (Fsp3) is 0.333. The second-order valence-corrected chi connectivity index (χ2v) is 3.39. The lowest BCUT2D eigenvalue weighted by Crippen LogP contribution is -2.25. The van der Waals surface area contributed by atoms with E-state index in [1.165, 1.54) is 6.26 Å². The standard InChI is InChI=1S/C12H17N3O2/c1-2-17-7-3-5-15-12(16)10-4-6-14-11(8-10)9-13/h2,4,6,8H,1,3,5,7,9,13H2,(H,15,16). The van der Waals surface area contributed by atoms with Crippen molar-refractivity contribution in [3.05, 3.63) is 42.4 Å². The van der Waals surface area contributed by atoms with Crippen LogP contribution in [0.25, 0.3) is 0 Å². The minimum atomic E-state index is -0.124. The van der Waals surface area contributed by atoms with Crippen LogP contribution in [0.15, 0.2) is 31.2 Å². The number of nitrogens with two attached hydrogens (primary N) is 1. The van der Waals surface area contributed by atoms with E-state index in [-0.39, 0.29) is 5.91 Å². The zero-order valence-electron chi connectivity index (χ0n) is 9.69. The Balaban J connectivity index is 2.38. The minimum absolute atomic E-state index is 0.124. The predicted octanol–water partition coefficient (Wildman–Crippen LogP) is 0.820. The zero-order valence-corrected chi connectivity index (χ0v) is 9.69. The van der Waals surface area contributed by atoms with Gasteiger partial charge >= 0.3 is 0 Å². The maximum Gasteiger partial charge on any atom is 0.251 e. The number of nitrogens with zero attached hydrogens (tertiary/aromatic N) is 1. The van der Waals surface area contributed by atoms with Crippen LogP contribution in [0.2, 0.25) is 0 Å². The first-order valence-electron chi connectivity index (χ1n) is 5.43. The summed E-state index contributed by atoms with van der Waals surface area (Å²) in [5, 5.41) is 2.79. The molecule has 92 valence electrons. The minimum Gasteiger partial charge on any atom is -0.502 e. The highest BCUT2D eigenvalue weighted by atomic mass is 16.5. The molecule has 1 aromatic heterocycles. The summed E-state index contributed by atoms with van der Waals surface area (Å²) >= 11 is 0. The smallest absolute Gasteiger partial charge is 0.251 e. The second-order valence-electron chi connectivity index (χ2n) is 3.39. The van der Waals surface area contributed by atoms with Crippen molar-refractivity contribution in [2.75, 3.05) is 13.2 Å². The van der Waals surface area contributed by atoms with Gasteiger partial charge in [-0.05, 0) is 18.6 Å². The molecule has 0 radical (unpaired) electrons. The van der Waals surface area contributed by atoms with Crippen LogP contribution in [0.3, 0.4) is 0 Å². The lowest BCUT2D eigenvalue weighted by molar-refractivity contribution is 0.0950. The van der Waals surface area contributed by atoms with E-state index in [4.69, 9.17) is 10.5 Å². The maximum atomic E-state index is 11.7. The molecule has 0 atom stereocenters. The van der Waals surface area contributed by atoms with Crippen molar-refractivity contribution in [2.24, 2.45) is 5.73 Å². The molecule has 0 aliphatic rings. The summed E-state index contributed by atoms with van der Waals surface area (Å²) in [5.74, 6) is -0.124. The molecule has 1 amide bonds. The van der Waals surface area contributed by atoms with Crippen LogP contribution in [0.4, 0.5) is 0 Å². The molecule has 0 saturated carbocycles. The van der Waals surface area contributed by atoms with E-state index in [0.29, 0.717) is 31.0 Å². The Kier molecular flexibility index (Phi) is 5.74. The molecular formula is C12H17N3O2. The number of rotatable bonds is 7. The van der Waals surface area contributed by atoms with Crippen LogP contribution in [-0.4, -0.2) is 24.0 Å². The molecule has 0 bridgehead atoms. The first-order valence-corrected chi connectivity index (χ1v) is 5.43. The van der Waals surface area contributed by atoms with Gasteiger partial charge in [0.2, 0.25) is 0 Å². The fourth-order valence-corrected chi connectivity index (χ4v) is 1.27. The van der Waals surface area contributed by atoms with Crippen LogP contribution in [0.1, 0.15) is 22.5 Å². The Hall–Kier alpha value is -1.88. The van der Waals surface area contributed by atoms with Crippen molar-refractivity contribution >= 4 is 5.91 Å². The van der Waals surface area contributed by atoms with Crippen molar-refractivity contribution in [3.8, 4) is 0 Å². The number of hydrogen-bond donors (Lipinski definition) is 2. The van der Waals surface area contributed by atoms with Crippen LogP contribution < -0.4 is 11.1 Å². The van der Waals surface area contributed by atoms with E-state index in [1.807, 2.05) is 0 Å². The number of carbonyl (C=O) groups excluding carboxylic acids is 1. The number of amides is 1. The Morgan fingerprint density at radius 2 is 2.47 bits per heavy atom. The molecule has 0 saturated heterocycles. The summed E-state index contributed by atoms with van der Waals surface area (Å²) in [5.41, 5.74) is 6.73. The van der Waals surface area contributed by atoms with Gasteiger partial charge in [-0.2, -0.15) is 0 Å². The molecule has 0 aliphatic heterocycles. The largest absolute Gasteiger partial charge is 0.502 e. The van der Waals surface area contributed by atoms with E-state index < -0.39 is 0 Å². The number of pyridine rings is 1. The number of carbonyl (C=O) groups is 1. The van der Waals surface area contributed by atoms with Crippen molar-refractivity contribution in [1.82, 2.24) is 10.3 Å². The monoisotopic (exact) mass is 235 g/mol. The summed E-state index contributed by atoms with van der Waals surface area (Å²) in [6.07, 6.45) is 3.71. The van der Waals surface area contributed by atoms with E-state index in [1.54, 1.807) is 18.3 Å². The van der Waals surface area contributed by atoms with Crippen LogP contribution in [0, 0.1) is 0 Å². The summed E-state index contributed by atoms with van der Waals surface area (Å²) in [6.45, 7) is 4.87. The van der Waals surface area contributed by atoms with Gasteiger partial charge in [-0.25, -0.2) is 0 Å². The van der Waals surface area contributed by atoms with E-state index >= 15 is 0 Å². The number of ether oxygens (including phenoxy) is 1. The average molecular weight is 235 g/mol. The van der Waals surface area contributed by atoms with Gasteiger partial charge in [0.1, 0.15) is 0 Å². The normalized spacial score (nSPS) is 9.71. The van der Waals surface area contributed by atoms with Gasteiger partial charge in [0, 0.05) is 24.8 Å². The van der Waals surface area contributed by atoms with Gasteiger partial charge in [-0.3, -0.25) is 9.78 Å². The number of aromatic nitrogens is 1. The Morgan fingerprint density at radius 1 is 1.65 bits per heavy atom. The zero-order chi connectivity index (χ0) is 12.5. The van der Waals surface area contributed by atoms with E-state index in [9.17, 15) is 4.79 Å². The van der Waals surface area contributed by atoms with Gasteiger partial charge in [0.05, 0.1) is 18.6 Å². The molecular weight excluding hydrogens is 218 g/mol. The molecule has 0 aromatic carbocycles. The quantitative estimate of drug-likeness (QED) is 0.542. The molecule has 17 heavy (non-hydrogen) atoms. The Labute approximate surface area is 101 Å². The van der Waals surface area contributed by atoms with E-state index in [2.05, 4.69) is 16.9 Å². The lowest BCUT2D eigenvalue weighted by Gasteiger charge is -2.05. The van der Waals surface area contributed by atoms with Crippen LogP contribution in [-0.2, 0) is 11.3 Å². The van der Waals surface area contributed by atoms with Crippen molar-refractivity contribution in [1.29, 1.82) is 0 Å². The lowest BCUT2D eigenvalue weighted by atomic mass is 10.2. The molecule has 0 spiro atoms. The molecule has 0 unspecified atom stereocenters. The summed E-state index contributed by atoms with van der Waals surface area (Å²) in [6, 6.07) is 3.35. The molecule has 0 aliphatic carbocycles. The molecule has 5 nitrogen and oxygen atoms in total. The second kappa shape index (κ2) is 7.40. The average Bonchev–Trinajstić information content (AvgIpc) is 2.38. The molecule has 1 aromatic rings. The van der Waals surface area contributed by atoms with Gasteiger partial charge in [-0.1, -0.05) is 6.58 Å². The van der Waals surface area contributed by atoms with Gasteiger partial charge in [0.15, 0.2) is 0 Å².